The lowest BCUT2D eigenvalue weighted by atomic mass is 9.86. The van der Waals surface area contributed by atoms with Crippen molar-refractivity contribution < 1.29 is 22.4 Å². The number of rotatable bonds is 6. The minimum absolute atomic E-state index is 0.126. The van der Waals surface area contributed by atoms with Gasteiger partial charge in [-0.15, -0.1) is 0 Å². The van der Waals surface area contributed by atoms with Crippen molar-refractivity contribution >= 4 is 17.7 Å². The third-order valence-corrected chi connectivity index (χ3v) is 5.57. The van der Waals surface area contributed by atoms with Crippen LogP contribution in [0.1, 0.15) is 47.3 Å². The van der Waals surface area contributed by atoms with Gasteiger partial charge in [0.25, 0.3) is 5.91 Å². The maximum absolute atomic E-state index is 13.7. The number of carbonyl (C=O) groups excluding carboxylic acids is 1. The third-order valence-electron chi connectivity index (χ3n) is 5.57. The fourth-order valence-electron chi connectivity index (χ4n) is 3.76. The molecule has 0 atom stereocenters. The van der Waals surface area contributed by atoms with Crippen molar-refractivity contribution in [2.24, 2.45) is 5.92 Å². The maximum Gasteiger partial charge on any atom is 0.419 e. The molecule has 0 spiro atoms. The highest BCUT2D eigenvalue weighted by molar-refractivity contribution is 5.94. The van der Waals surface area contributed by atoms with Gasteiger partial charge >= 0.3 is 6.18 Å². The number of anilines is 2. The second-order valence-electron chi connectivity index (χ2n) is 8.35. The number of nitrogens with zero attached hydrogens (tertiary/aromatic N) is 3. The summed E-state index contributed by atoms with van der Waals surface area (Å²) in [5.74, 6) is -0.368. The van der Waals surface area contributed by atoms with E-state index in [9.17, 15) is 22.4 Å². The Balaban J connectivity index is 1.48. The van der Waals surface area contributed by atoms with Gasteiger partial charge in [-0.05, 0) is 56.7 Å². The van der Waals surface area contributed by atoms with E-state index in [0.717, 1.165) is 43.3 Å². The van der Waals surface area contributed by atoms with Crippen LogP contribution in [-0.2, 0) is 6.18 Å². The second-order valence-corrected chi connectivity index (χ2v) is 8.35. The number of carbonyl (C=O) groups is 1. The van der Waals surface area contributed by atoms with E-state index in [1.807, 2.05) is 32.0 Å². The van der Waals surface area contributed by atoms with E-state index in [1.54, 1.807) is 0 Å². The summed E-state index contributed by atoms with van der Waals surface area (Å²) in [5, 5.41) is 6.09. The molecule has 32 heavy (non-hydrogen) atoms. The number of halogens is 4. The molecule has 1 aliphatic rings. The minimum atomic E-state index is -4.79. The van der Waals surface area contributed by atoms with Crippen LogP contribution in [0.2, 0.25) is 0 Å². The van der Waals surface area contributed by atoms with Gasteiger partial charge in [-0.2, -0.15) is 18.2 Å². The number of aromatic nitrogens is 2. The summed E-state index contributed by atoms with van der Waals surface area (Å²) in [4.78, 5) is 23.1. The molecule has 1 aromatic carbocycles. The number of nitrogens with one attached hydrogen (secondary N) is 2. The number of alkyl halides is 3. The van der Waals surface area contributed by atoms with E-state index in [-0.39, 0.29) is 17.5 Å². The Labute approximate surface area is 184 Å². The SMILES string of the molecule is Cc1cc(N(C)C)nc(NC2CCC(CNC(=O)c3ccc(C(F)(F)F)c(F)c3)CC2)n1. The number of hydrogen-bond donors (Lipinski definition) is 2. The lowest BCUT2D eigenvalue weighted by Gasteiger charge is -2.29. The lowest BCUT2D eigenvalue weighted by Crippen LogP contribution is -2.34. The maximum atomic E-state index is 13.7. The summed E-state index contributed by atoms with van der Waals surface area (Å²) in [6.07, 6.45) is -1.30. The highest BCUT2D eigenvalue weighted by atomic mass is 19.4. The highest BCUT2D eigenvalue weighted by Gasteiger charge is 2.34. The van der Waals surface area contributed by atoms with Crippen molar-refractivity contribution in [3.63, 3.8) is 0 Å². The van der Waals surface area contributed by atoms with Crippen LogP contribution in [0.15, 0.2) is 24.3 Å². The first-order chi connectivity index (χ1) is 15.0. The Morgan fingerprint density at radius 1 is 1.12 bits per heavy atom. The molecule has 0 radical (unpaired) electrons. The summed E-state index contributed by atoms with van der Waals surface area (Å²) >= 11 is 0. The number of hydrogen-bond acceptors (Lipinski definition) is 5. The van der Waals surface area contributed by atoms with Gasteiger partial charge in [-0.1, -0.05) is 0 Å². The van der Waals surface area contributed by atoms with E-state index in [1.165, 1.54) is 0 Å². The Morgan fingerprint density at radius 2 is 1.81 bits per heavy atom. The first-order valence-electron chi connectivity index (χ1n) is 10.5. The molecule has 0 bridgehead atoms. The molecule has 1 amide bonds. The van der Waals surface area contributed by atoms with Gasteiger partial charge in [0.1, 0.15) is 11.6 Å². The zero-order valence-corrected chi connectivity index (χ0v) is 18.3. The topological polar surface area (TPSA) is 70.2 Å². The van der Waals surface area contributed by atoms with Gasteiger partial charge in [0.2, 0.25) is 5.95 Å². The molecule has 1 aliphatic carbocycles. The first kappa shape index (κ1) is 23.7. The van der Waals surface area contributed by atoms with E-state index in [4.69, 9.17) is 0 Å². The smallest absolute Gasteiger partial charge is 0.363 e. The molecular weight excluding hydrogens is 426 g/mol. The van der Waals surface area contributed by atoms with Crippen LogP contribution in [-0.4, -0.2) is 42.6 Å². The standard InChI is InChI=1S/C22H27F4N5O/c1-13-10-19(31(2)3)30-21(28-13)29-16-7-4-14(5-8-16)12-27-20(32)15-6-9-17(18(23)11-15)22(24,25)26/h6,9-11,14,16H,4-5,7-8,12H2,1-3H3,(H,27,32)(H,28,29,30). The second kappa shape index (κ2) is 9.70. The summed E-state index contributed by atoms with van der Waals surface area (Å²) in [7, 11) is 3.84. The Hall–Kier alpha value is -2.91. The van der Waals surface area contributed by atoms with Crippen molar-refractivity contribution in [3.8, 4) is 0 Å². The molecule has 1 heterocycles. The van der Waals surface area contributed by atoms with Crippen molar-refractivity contribution in [2.45, 2.75) is 44.8 Å². The van der Waals surface area contributed by atoms with Crippen LogP contribution in [0.3, 0.4) is 0 Å². The summed E-state index contributed by atoms with van der Waals surface area (Å²) in [6, 6.07) is 4.35. The molecule has 3 rings (SSSR count). The lowest BCUT2D eigenvalue weighted by molar-refractivity contribution is -0.140. The monoisotopic (exact) mass is 453 g/mol. The predicted octanol–water partition coefficient (Wildman–Crippen LogP) is 4.41. The molecule has 0 saturated heterocycles. The van der Waals surface area contributed by atoms with Crippen molar-refractivity contribution in [3.05, 3.63) is 46.9 Å². The Bertz CT molecular complexity index is 956. The molecule has 6 nitrogen and oxygen atoms in total. The van der Waals surface area contributed by atoms with Crippen LogP contribution in [0.5, 0.6) is 0 Å². The fourth-order valence-corrected chi connectivity index (χ4v) is 3.76. The largest absolute Gasteiger partial charge is 0.419 e. The molecule has 1 aromatic heterocycles. The summed E-state index contributed by atoms with van der Waals surface area (Å²) in [5.41, 5.74) is -0.628. The molecule has 10 heteroatoms. The van der Waals surface area contributed by atoms with E-state index in [2.05, 4.69) is 20.6 Å². The molecule has 1 saturated carbocycles. The Kier molecular flexibility index (Phi) is 7.20. The minimum Gasteiger partial charge on any atom is -0.363 e. The first-order valence-corrected chi connectivity index (χ1v) is 10.5. The number of aryl methyl sites for hydroxylation is 1. The van der Waals surface area contributed by atoms with Gasteiger partial charge in [-0.3, -0.25) is 4.79 Å². The van der Waals surface area contributed by atoms with Gasteiger partial charge < -0.3 is 15.5 Å². The van der Waals surface area contributed by atoms with Gasteiger partial charge in [0, 0.05) is 44.0 Å². The van der Waals surface area contributed by atoms with E-state index in [0.29, 0.717) is 24.6 Å². The molecule has 1 fully saturated rings. The molecule has 2 N–H and O–H groups in total. The van der Waals surface area contributed by atoms with Crippen molar-refractivity contribution in [1.29, 1.82) is 0 Å². The van der Waals surface area contributed by atoms with E-state index < -0.39 is 23.5 Å². The molecule has 0 aliphatic heterocycles. The predicted molar refractivity (Wildman–Crippen MR) is 114 cm³/mol. The third kappa shape index (κ3) is 6.08. The quantitative estimate of drug-likeness (QED) is 0.634. The molecular formula is C22H27F4N5O. The van der Waals surface area contributed by atoms with Gasteiger partial charge in [-0.25, -0.2) is 9.37 Å². The zero-order valence-electron chi connectivity index (χ0n) is 18.3. The van der Waals surface area contributed by atoms with Crippen LogP contribution in [0.4, 0.5) is 29.3 Å². The van der Waals surface area contributed by atoms with E-state index >= 15 is 0 Å². The van der Waals surface area contributed by atoms with Crippen LogP contribution in [0, 0.1) is 18.7 Å². The van der Waals surface area contributed by atoms with Gasteiger partial charge in [0.05, 0.1) is 5.56 Å². The molecule has 2 aromatic rings. The van der Waals surface area contributed by atoms with Gasteiger partial charge in [0.15, 0.2) is 0 Å². The van der Waals surface area contributed by atoms with Crippen molar-refractivity contribution in [1.82, 2.24) is 15.3 Å². The average Bonchev–Trinajstić information content (AvgIpc) is 2.71. The zero-order chi connectivity index (χ0) is 23.5. The van der Waals surface area contributed by atoms with Crippen LogP contribution in [0.25, 0.3) is 0 Å². The summed E-state index contributed by atoms with van der Waals surface area (Å²) in [6.45, 7) is 2.31. The van der Waals surface area contributed by atoms with Crippen molar-refractivity contribution in [2.75, 3.05) is 30.9 Å². The summed E-state index contributed by atoms with van der Waals surface area (Å²) < 4.78 is 51.7. The molecule has 174 valence electrons. The van der Waals surface area contributed by atoms with Crippen LogP contribution >= 0.6 is 0 Å². The van der Waals surface area contributed by atoms with Crippen LogP contribution < -0.4 is 15.5 Å². The Morgan fingerprint density at radius 3 is 2.41 bits per heavy atom. The highest BCUT2D eigenvalue weighted by Crippen LogP contribution is 2.31. The molecule has 0 unspecified atom stereocenters. The average molecular weight is 453 g/mol. The number of benzene rings is 1. The normalized spacial score (nSPS) is 18.8. The number of amides is 1. The fraction of sp³-hybridized carbons (Fsp3) is 0.500.